The molecule has 2 nitrogen and oxygen atoms in total. The highest BCUT2D eigenvalue weighted by molar-refractivity contribution is 9.13. The Kier molecular flexibility index (Phi) is 1.49. The average molecular weight is 251 g/mol. The van der Waals surface area contributed by atoms with Gasteiger partial charge in [0.1, 0.15) is 3.81 Å². The van der Waals surface area contributed by atoms with E-state index >= 15 is 0 Å². The summed E-state index contributed by atoms with van der Waals surface area (Å²) in [5.41, 5.74) is 0. The molecule has 1 aliphatic heterocycles. The van der Waals surface area contributed by atoms with Crippen LogP contribution >= 0.6 is 27.3 Å². The van der Waals surface area contributed by atoms with Gasteiger partial charge in [-0.25, -0.2) is 8.42 Å². The van der Waals surface area contributed by atoms with Crippen LogP contribution in [0.3, 0.4) is 0 Å². The molecule has 0 aliphatic carbocycles. The number of thiophene rings is 1. The maximum Gasteiger partial charge on any atom is 0.214 e. The van der Waals surface area contributed by atoms with Crippen molar-refractivity contribution in [1.82, 2.24) is 0 Å². The number of fused-ring (bicyclic) bond motifs is 1. The van der Waals surface area contributed by atoms with Crippen molar-refractivity contribution in [2.24, 2.45) is 0 Å². The van der Waals surface area contributed by atoms with Gasteiger partial charge >= 0.3 is 0 Å². The molecule has 2 rings (SSSR count). The molecule has 0 radical (unpaired) electrons. The van der Waals surface area contributed by atoms with Crippen molar-refractivity contribution >= 4 is 43.2 Å². The molecule has 0 fully saturated rings. The maximum absolute atomic E-state index is 11.3. The molecule has 0 amide bonds. The van der Waals surface area contributed by atoms with Gasteiger partial charge in [-0.15, -0.1) is 11.3 Å². The Morgan fingerprint density at radius 2 is 2.18 bits per heavy atom. The molecule has 58 valence electrons. The molecule has 5 heteroatoms. The zero-order chi connectivity index (χ0) is 8.06. The Morgan fingerprint density at radius 3 is 2.82 bits per heavy atom. The summed E-state index contributed by atoms with van der Waals surface area (Å²) in [6, 6.07) is 1.63. The molecule has 0 saturated carbocycles. The second-order valence-electron chi connectivity index (χ2n) is 2.10. The van der Waals surface area contributed by atoms with Gasteiger partial charge in [-0.1, -0.05) is 0 Å². The summed E-state index contributed by atoms with van der Waals surface area (Å²) in [5.74, 6) is 0. The number of rotatable bonds is 0. The standard InChI is InChI=1S/C6H3BrO2S2/c7-6-3-4-5(1-2-10-4)11(6,8)9/h1-3H. The van der Waals surface area contributed by atoms with E-state index in [-0.39, 0.29) is 3.81 Å². The van der Waals surface area contributed by atoms with Gasteiger partial charge in [-0.05, 0) is 33.5 Å². The Labute approximate surface area is 76.6 Å². The highest BCUT2D eigenvalue weighted by atomic mass is 79.9. The smallest absolute Gasteiger partial charge is 0.214 e. The molecule has 0 saturated heterocycles. The van der Waals surface area contributed by atoms with Gasteiger partial charge in [0.2, 0.25) is 9.84 Å². The summed E-state index contributed by atoms with van der Waals surface area (Å²) in [4.78, 5) is 1.24. The van der Waals surface area contributed by atoms with E-state index in [0.29, 0.717) is 4.90 Å². The van der Waals surface area contributed by atoms with Gasteiger partial charge in [-0.3, -0.25) is 0 Å². The van der Waals surface area contributed by atoms with Gasteiger partial charge in [0.05, 0.1) is 4.90 Å². The number of hydrogen-bond donors (Lipinski definition) is 0. The van der Waals surface area contributed by atoms with Crippen molar-refractivity contribution in [3.05, 3.63) is 20.1 Å². The third kappa shape index (κ3) is 0.913. The zero-order valence-corrected chi connectivity index (χ0v) is 8.46. The van der Waals surface area contributed by atoms with Crippen molar-refractivity contribution in [3.8, 4) is 0 Å². The highest BCUT2D eigenvalue weighted by Crippen LogP contribution is 2.38. The van der Waals surface area contributed by atoms with Crippen molar-refractivity contribution < 1.29 is 8.42 Å². The number of sulfone groups is 1. The van der Waals surface area contributed by atoms with Gasteiger partial charge < -0.3 is 0 Å². The third-order valence-electron chi connectivity index (χ3n) is 1.45. The predicted octanol–water partition coefficient (Wildman–Crippen LogP) is 2.23. The molecule has 0 atom stereocenters. The van der Waals surface area contributed by atoms with E-state index in [9.17, 15) is 8.42 Å². The fraction of sp³-hybridized carbons (Fsp3) is 0. The van der Waals surface area contributed by atoms with E-state index in [1.54, 1.807) is 17.5 Å². The van der Waals surface area contributed by atoms with Crippen LogP contribution in [0.5, 0.6) is 0 Å². The SMILES string of the molecule is O=S1(=O)C(Br)=Cc2sccc21. The van der Waals surface area contributed by atoms with Crippen LogP contribution in [0.4, 0.5) is 0 Å². The highest BCUT2D eigenvalue weighted by Gasteiger charge is 2.28. The zero-order valence-electron chi connectivity index (χ0n) is 5.24. The first-order valence-corrected chi connectivity index (χ1v) is 5.98. The van der Waals surface area contributed by atoms with Crippen LogP contribution in [0.25, 0.3) is 6.08 Å². The van der Waals surface area contributed by atoms with Crippen molar-refractivity contribution in [2.75, 3.05) is 0 Å². The first-order chi connectivity index (χ1) is 5.12. The molecular weight excluding hydrogens is 248 g/mol. The fourth-order valence-corrected chi connectivity index (χ4v) is 4.23. The lowest BCUT2D eigenvalue weighted by Crippen LogP contribution is -1.93. The Balaban J connectivity index is 2.85. The van der Waals surface area contributed by atoms with Crippen LogP contribution in [-0.2, 0) is 9.84 Å². The summed E-state index contributed by atoms with van der Waals surface area (Å²) in [6.07, 6.45) is 1.63. The van der Waals surface area contributed by atoms with E-state index in [4.69, 9.17) is 0 Å². The molecule has 2 heterocycles. The molecule has 1 aliphatic rings. The van der Waals surface area contributed by atoms with E-state index in [2.05, 4.69) is 15.9 Å². The second kappa shape index (κ2) is 2.18. The molecule has 0 aromatic carbocycles. The summed E-state index contributed by atoms with van der Waals surface area (Å²) >= 11 is 4.43. The third-order valence-corrected chi connectivity index (χ3v) is 5.52. The first kappa shape index (κ1) is 7.52. The molecule has 0 spiro atoms. The molecule has 0 unspecified atom stereocenters. The van der Waals surface area contributed by atoms with Crippen LogP contribution < -0.4 is 0 Å². The van der Waals surface area contributed by atoms with Gasteiger partial charge in [0, 0.05) is 4.88 Å². The maximum atomic E-state index is 11.3. The quantitative estimate of drug-likeness (QED) is 0.708. The van der Waals surface area contributed by atoms with Gasteiger partial charge in [0.15, 0.2) is 0 Å². The van der Waals surface area contributed by atoms with Crippen LogP contribution in [0, 0.1) is 0 Å². The van der Waals surface area contributed by atoms with E-state index < -0.39 is 9.84 Å². The molecular formula is C6H3BrO2S2. The first-order valence-electron chi connectivity index (χ1n) is 2.82. The minimum Gasteiger partial charge on any atom is -0.218 e. The predicted molar refractivity (Wildman–Crippen MR) is 48.4 cm³/mol. The van der Waals surface area contributed by atoms with Crippen molar-refractivity contribution in [1.29, 1.82) is 0 Å². The lowest BCUT2D eigenvalue weighted by atomic mass is 10.5. The summed E-state index contributed by atoms with van der Waals surface area (Å²) in [6.45, 7) is 0. The van der Waals surface area contributed by atoms with Crippen LogP contribution in [0.2, 0.25) is 0 Å². The number of halogens is 1. The van der Waals surface area contributed by atoms with E-state index in [1.807, 2.05) is 0 Å². The lowest BCUT2D eigenvalue weighted by molar-refractivity contribution is 0.605. The molecule has 1 aromatic rings. The Bertz CT molecular complexity index is 427. The summed E-state index contributed by atoms with van der Waals surface area (Å²) in [7, 11) is -3.15. The lowest BCUT2D eigenvalue weighted by Gasteiger charge is -1.90. The summed E-state index contributed by atoms with van der Waals surface area (Å²) < 4.78 is 22.9. The Hall–Kier alpha value is -0.130. The summed E-state index contributed by atoms with van der Waals surface area (Å²) in [5, 5.41) is 1.78. The minimum atomic E-state index is -3.15. The van der Waals surface area contributed by atoms with Crippen LogP contribution in [-0.4, -0.2) is 8.42 Å². The van der Waals surface area contributed by atoms with Crippen molar-refractivity contribution in [3.63, 3.8) is 0 Å². The fourth-order valence-electron chi connectivity index (χ4n) is 0.922. The molecule has 0 N–H and O–H groups in total. The number of hydrogen-bond acceptors (Lipinski definition) is 3. The van der Waals surface area contributed by atoms with Gasteiger partial charge in [-0.2, -0.15) is 0 Å². The van der Waals surface area contributed by atoms with Crippen molar-refractivity contribution in [2.45, 2.75) is 4.90 Å². The Morgan fingerprint density at radius 1 is 1.45 bits per heavy atom. The van der Waals surface area contributed by atoms with E-state index in [0.717, 1.165) is 4.88 Å². The molecule has 11 heavy (non-hydrogen) atoms. The monoisotopic (exact) mass is 250 g/mol. The van der Waals surface area contributed by atoms with Gasteiger partial charge in [0.25, 0.3) is 0 Å². The normalized spacial score (nSPS) is 19.5. The van der Waals surface area contributed by atoms with Crippen LogP contribution in [0.15, 0.2) is 20.2 Å². The average Bonchev–Trinajstić information content (AvgIpc) is 2.41. The molecule has 1 aromatic heterocycles. The topological polar surface area (TPSA) is 34.1 Å². The largest absolute Gasteiger partial charge is 0.218 e. The van der Waals surface area contributed by atoms with E-state index in [1.165, 1.54) is 11.3 Å². The second-order valence-corrected chi connectivity index (χ2v) is 6.31. The van der Waals surface area contributed by atoms with Crippen LogP contribution in [0.1, 0.15) is 4.88 Å². The minimum absolute atomic E-state index is 0.270. The molecule has 0 bridgehead atoms.